The van der Waals surface area contributed by atoms with E-state index in [1.165, 1.54) is 12.1 Å². The Kier molecular flexibility index (Phi) is 3.90. The number of hydrogen-bond acceptors (Lipinski definition) is 4. The number of anilines is 1. The smallest absolute Gasteiger partial charge is 0.305 e. The average molecular weight is 252 g/mol. The molecule has 0 aliphatic heterocycles. The number of carboxylic acids is 1. The van der Waals surface area contributed by atoms with E-state index in [1.54, 1.807) is 26.8 Å². The number of nitro benzene ring substituents is 1. The van der Waals surface area contributed by atoms with Crippen molar-refractivity contribution in [3.63, 3.8) is 0 Å². The van der Waals surface area contributed by atoms with E-state index in [9.17, 15) is 14.9 Å². The third-order valence-corrected chi connectivity index (χ3v) is 2.35. The van der Waals surface area contributed by atoms with Gasteiger partial charge in [-0.25, -0.2) is 0 Å². The highest BCUT2D eigenvalue weighted by molar-refractivity contribution is 5.69. The maximum Gasteiger partial charge on any atom is 0.305 e. The number of carbonyl (C=O) groups is 1. The van der Waals surface area contributed by atoms with Crippen molar-refractivity contribution in [2.75, 3.05) is 5.32 Å². The first-order valence-corrected chi connectivity index (χ1v) is 5.46. The van der Waals surface area contributed by atoms with Crippen molar-refractivity contribution < 1.29 is 14.8 Å². The van der Waals surface area contributed by atoms with Gasteiger partial charge >= 0.3 is 5.97 Å². The summed E-state index contributed by atoms with van der Waals surface area (Å²) in [4.78, 5) is 21.0. The molecule has 0 heterocycles. The molecule has 2 N–H and O–H groups in total. The Morgan fingerprint density at radius 3 is 2.56 bits per heavy atom. The average Bonchev–Trinajstić information content (AvgIpc) is 2.12. The summed E-state index contributed by atoms with van der Waals surface area (Å²) in [6, 6.07) is 4.61. The van der Waals surface area contributed by atoms with E-state index in [1.807, 2.05) is 0 Å². The van der Waals surface area contributed by atoms with Crippen molar-refractivity contribution in [2.45, 2.75) is 32.7 Å². The van der Waals surface area contributed by atoms with Crippen LogP contribution in [-0.2, 0) is 4.79 Å². The van der Waals surface area contributed by atoms with Crippen LogP contribution in [0.25, 0.3) is 0 Å². The van der Waals surface area contributed by atoms with Crippen LogP contribution in [0.2, 0.25) is 0 Å². The molecule has 0 amide bonds. The first-order chi connectivity index (χ1) is 8.19. The summed E-state index contributed by atoms with van der Waals surface area (Å²) in [6.07, 6.45) is -0.0747. The monoisotopic (exact) mass is 252 g/mol. The van der Waals surface area contributed by atoms with Crippen molar-refractivity contribution >= 4 is 17.3 Å². The van der Waals surface area contributed by atoms with Crippen LogP contribution in [0.15, 0.2) is 18.2 Å². The summed E-state index contributed by atoms with van der Waals surface area (Å²) in [7, 11) is 0. The molecule has 0 saturated carbocycles. The van der Waals surface area contributed by atoms with Crippen LogP contribution in [0.5, 0.6) is 0 Å². The summed E-state index contributed by atoms with van der Waals surface area (Å²) in [5.41, 5.74) is 0.613. The van der Waals surface area contributed by atoms with Gasteiger partial charge in [0.1, 0.15) is 0 Å². The van der Waals surface area contributed by atoms with E-state index in [4.69, 9.17) is 5.11 Å². The molecule has 0 aliphatic carbocycles. The van der Waals surface area contributed by atoms with Crippen LogP contribution in [0.3, 0.4) is 0 Å². The van der Waals surface area contributed by atoms with E-state index in [0.717, 1.165) is 5.56 Å². The molecule has 0 atom stereocenters. The maximum atomic E-state index is 10.7. The number of non-ortho nitro benzene ring substituents is 1. The summed E-state index contributed by atoms with van der Waals surface area (Å²) in [5.74, 6) is -0.922. The Morgan fingerprint density at radius 2 is 2.06 bits per heavy atom. The minimum atomic E-state index is -0.922. The minimum absolute atomic E-state index is 0.0105. The fourth-order valence-corrected chi connectivity index (χ4v) is 1.75. The molecule has 0 spiro atoms. The first kappa shape index (κ1) is 14.0. The summed E-state index contributed by atoms with van der Waals surface area (Å²) in [5, 5.41) is 22.5. The Labute approximate surface area is 105 Å². The lowest BCUT2D eigenvalue weighted by molar-refractivity contribution is -0.384. The second kappa shape index (κ2) is 5.03. The lowest BCUT2D eigenvalue weighted by Gasteiger charge is -2.25. The van der Waals surface area contributed by atoms with Gasteiger partial charge in [0.15, 0.2) is 0 Å². The van der Waals surface area contributed by atoms with Crippen LogP contribution >= 0.6 is 0 Å². The van der Waals surface area contributed by atoms with Crippen molar-refractivity contribution in [3.05, 3.63) is 33.9 Å². The molecule has 0 fully saturated rings. The topological polar surface area (TPSA) is 92.5 Å². The number of nitrogens with zero attached hydrogens (tertiary/aromatic N) is 1. The summed E-state index contributed by atoms with van der Waals surface area (Å²) in [6.45, 7) is 5.22. The highest BCUT2D eigenvalue weighted by Gasteiger charge is 2.22. The standard InChI is InChI=1S/C12H16N2O4/c1-8-4-9(6-10(5-8)14(17)18)13-12(2,3)7-11(15)16/h4-6,13H,7H2,1-3H3,(H,15,16). The normalized spacial score (nSPS) is 11.1. The predicted octanol–water partition coefficient (Wildman–Crippen LogP) is 2.57. The van der Waals surface area contributed by atoms with Crippen LogP contribution in [0, 0.1) is 17.0 Å². The van der Waals surface area contributed by atoms with Gasteiger partial charge in [0.2, 0.25) is 0 Å². The predicted molar refractivity (Wildman–Crippen MR) is 67.8 cm³/mol. The Morgan fingerprint density at radius 1 is 1.44 bits per heavy atom. The zero-order valence-corrected chi connectivity index (χ0v) is 10.6. The van der Waals surface area contributed by atoms with Gasteiger partial charge in [-0.15, -0.1) is 0 Å². The van der Waals surface area contributed by atoms with Crippen LogP contribution in [0.1, 0.15) is 25.8 Å². The van der Waals surface area contributed by atoms with Crippen LogP contribution in [0.4, 0.5) is 11.4 Å². The number of nitrogens with one attached hydrogen (secondary N) is 1. The number of carboxylic acid groups (broad SMARTS) is 1. The number of hydrogen-bond donors (Lipinski definition) is 2. The second-order valence-corrected chi connectivity index (χ2v) is 4.89. The molecule has 0 radical (unpaired) electrons. The van der Waals surface area contributed by atoms with Gasteiger partial charge in [-0.2, -0.15) is 0 Å². The van der Waals surface area contributed by atoms with Gasteiger partial charge in [0.05, 0.1) is 11.3 Å². The van der Waals surface area contributed by atoms with Gasteiger partial charge in [0.25, 0.3) is 5.69 Å². The lowest BCUT2D eigenvalue weighted by atomic mass is 10.00. The van der Waals surface area contributed by atoms with Crippen molar-refractivity contribution in [3.8, 4) is 0 Å². The van der Waals surface area contributed by atoms with E-state index in [0.29, 0.717) is 5.69 Å². The SMILES string of the molecule is Cc1cc(NC(C)(C)CC(=O)O)cc([N+](=O)[O-])c1. The largest absolute Gasteiger partial charge is 0.481 e. The van der Waals surface area contributed by atoms with Gasteiger partial charge in [-0.3, -0.25) is 14.9 Å². The molecule has 1 aromatic rings. The van der Waals surface area contributed by atoms with Crippen LogP contribution in [-0.4, -0.2) is 21.5 Å². The lowest BCUT2D eigenvalue weighted by Crippen LogP contribution is -2.33. The zero-order chi connectivity index (χ0) is 13.9. The van der Waals surface area contributed by atoms with Gasteiger partial charge < -0.3 is 10.4 Å². The van der Waals surface area contributed by atoms with E-state index < -0.39 is 16.4 Å². The zero-order valence-electron chi connectivity index (χ0n) is 10.6. The van der Waals surface area contributed by atoms with E-state index in [-0.39, 0.29) is 12.1 Å². The fraction of sp³-hybridized carbons (Fsp3) is 0.417. The van der Waals surface area contributed by atoms with Gasteiger partial charge in [-0.05, 0) is 32.4 Å². The second-order valence-electron chi connectivity index (χ2n) is 4.89. The van der Waals surface area contributed by atoms with Gasteiger partial charge in [-0.1, -0.05) is 0 Å². The van der Waals surface area contributed by atoms with E-state index >= 15 is 0 Å². The Bertz CT molecular complexity index is 483. The Hall–Kier alpha value is -2.11. The maximum absolute atomic E-state index is 10.7. The third kappa shape index (κ3) is 4.04. The Balaban J connectivity index is 2.97. The number of aliphatic carboxylic acids is 1. The number of benzene rings is 1. The molecule has 0 unspecified atom stereocenters. The minimum Gasteiger partial charge on any atom is -0.481 e. The third-order valence-electron chi connectivity index (χ3n) is 2.35. The molecule has 0 saturated heterocycles. The molecule has 6 nitrogen and oxygen atoms in total. The number of rotatable bonds is 5. The van der Waals surface area contributed by atoms with Crippen molar-refractivity contribution in [1.29, 1.82) is 0 Å². The van der Waals surface area contributed by atoms with Gasteiger partial charge in [0, 0.05) is 23.4 Å². The molecule has 1 aromatic carbocycles. The molecule has 0 aliphatic rings. The highest BCUT2D eigenvalue weighted by Crippen LogP contribution is 2.24. The molecular formula is C12H16N2O4. The molecule has 6 heteroatoms. The molecule has 0 bridgehead atoms. The summed E-state index contributed by atoms with van der Waals surface area (Å²) >= 11 is 0. The quantitative estimate of drug-likeness (QED) is 0.620. The molecule has 18 heavy (non-hydrogen) atoms. The molecule has 1 rings (SSSR count). The van der Waals surface area contributed by atoms with Crippen molar-refractivity contribution in [2.24, 2.45) is 0 Å². The van der Waals surface area contributed by atoms with Crippen molar-refractivity contribution in [1.82, 2.24) is 0 Å². The molecular weight excluding hydrogens is 236 g/mol. The van der Waals surface area contributed by atoms with Crippen LogP contribution < -0.4 is 5.32 Å². The fourth-order valence-electron chi connectivity index (χ4n) is 1.75. The molecule has 0 aromatic heterocycles. The number of aryl methyl sites for hydroxylation is 1. The van der Waals surface area contributed by atoms with E-state index in [2.05, 4.69) is 5.32 Å². The summed E-state index contributed by atoms with van der Waals surface area (Å²) < 4.78 is 0. The highest BCUT2D eigenvalue weighted by atomic mass is 16.6. The first-order valence-electron chi connectivity index (χ1n) is 5.46. The molecule has 98 valence electrons. The number of nitro groups is 1.